The minimum absolute atomic E-state index is 0.743. The highest BCUT2D eigenvalue weighted by atomic mass is 15.3. The zero-order valence-corrected chi connectivity index (χ0v) is 12.0. The quantitative estimate of drug-likeness (QED) is 0.891. The van der Waals surface area contributed by atoms with Crippen LogP contribution in [0.15, 0.2) is 18.7 Å². The molecule has 0 saturated carbocycles. The fraction of sp³-hybridized carbons (Fsp3) is 0.643. The van der Waals surface area contributed by atoms with Crippen LogP contribution in [0.2, 0.25) is 0 Å². The van der Waals surface area contributed by atoms with Crippen molar-refractivity contribution < 1.29 is 0 Å². The Bertz CT molecular complexity index is 545. The summed E-state index contributed by atoms with van der Waals surface area (Å²) in [7, 11) is 0. The van der Waals surface area contributed by atoms with Gasteiger partial charge in [0, 0.05) is 25.5 Å². The van der Waals surface area contributed by atoms with Crippen molar-refractivity contribution in [1.82, 2.24) is 24.9 Å². The summed E-state index contributed by atoms with van der Waals surface area (Å²) in [6.45, 7) is 6.55. The van der Waals surface area contributed by atoms with Crippen LogP contribution in [0.5, 0.6) is 0 Å². The molecule has 2 aromatic heterocycles. The molecule has 0 unspecified atom stereocenters. The van der Waals surface area contributed by atoms with Crippen LogP contribution in [0.4, 0.5) is 5.82 Å². The van der Waals surface area contributed by atoms with Gasteiger partial charge in [-0.2, -0.15) is 0 Å². The van der Waals surface area contributed by atoms with Crippen molar-refractivity contribution >= 4 is 11.5 Å². The molecular weight excluding hydrogens is 252 g/mol. The van der Waals surface area contributed by atoms with Crippen LogP contribution < -0.4 is 10.2 Å². The first-order valence-corrected chi connectivity index (χ1v) is 7.48. The topological polar surface area (TPSA) is 58.4 Å². The monoisotopic (exact) mass is 274 g/mol. The molecule has 0 amide bonds. The van der Waals surface area contributed by atoms with Crippen LogP contribution in [0, 0.1) is 5.92 Å². The van der Waals surface area contributed by atoms with Crippen molar-refractivity contribution in [3.8, 4) is 0 Å². The molecular formula is C14H22N6. The second-order valence-electron chi connectivity index (χ2n) is 5.45. The summed E-state index contributed by atoms with van der Waals surface area (Å²) in [6, 6.07) is 0. The van der Waals surface area contributed by atoms with Gasteiger partial charge in [0.25, 0.3) is 0 Å². The van der Waals surface area contributed by atoms with Crippen LogP contribution in [0.1, 0.15) is 26.2 Å². The molecule has 1 fully saturated rings. The van der Waals surface area contributed by atoms with E-state index in [2.05, 4.69) is 32.3 Å². The van der Waals surface area contributed by atoms with Gasteiger partial charge in [-0.25, -0.2) is 4.98 Å². The molecule has 1 N–H and O–H groups in total. The molecule has 6 heteroatoms. The van der Waals surface area contributed by atoms with E-state index >= 15 is 0 Å². The van der Waals surface area contributed by atoms with Crippen LogP contribution in [0.25, 0.3) is 5.65 Å². The van der Waals surface area contributed by atoms with Crippen LogP contribution in [0.3, 0.4) is 0 Å². The van der Waals surface area contributed by atoms with Crippen LogP contribution in [-0.4, -0.2) is 45.8 Å². The molecule has 0 bridgehead atoms. The number of hydrogen-bond donors (Lipinski definition) is 1. The van der Waals surface area contributed by atoms with Gasteiger partial charge in [0.1, 0.15) is 6.33 Å². The normalized spacial score (nSPS) is 16.6. The van der Waals surface area contributed by atoms with E-state index in [9.17, 15) is 0 Å². The number of fused-ring (bicyclic) bond motifs is 1. The van der Waals surface area contributed by atoms with E-state index in [1.165, 1.54) is 12.8 Å². The Balaban J connectivity index is 1.83. The average molecular weight is 274 g/mol. The van der Waals surface area contributed by atoms with Crippen molar-refractivity contribution in [1.29, 1.82) is 0 Å². The highest BCUT2D eigenvalue weighted by Gasteiger charge is 2.19. The number of piperidine rings is 1. The Morgan fingerprint density at radius 3 is 3.05 bits per heavy atom. The molecule has 6 nitrogen and oxygen atoms in total. The fourth-order valence-electron chi connectivity index (χ4n) is 2.90. The molecule has 108 valence electrons. The van der Waals surface area contributed by atoms with E-state index in [0.717, 1.165) is 50.0 Å². The summed E-state index contributed by atoms with van der Waals surface area (Å²) < 4.78 is 1.94. The van der Waals surface area contributed by atoms with E-state index in [0.29, 0.717) is 0 Å². The average Bonchev–Trinajstić information content (AvgIpc) is 2.96. The fourth-order valence-corrected chi connectivity index (χ4v) is 2.90. The van der Waals surface area contributed by atoms with Gasteiger partial charge in [-0.3, -0.25) is 4.40 Å². The smallest absolute Gasteiger partial charge is 0.203 e. The number of rotatable bonds is 5. The maximum Gasteiger partial charge on any atom is 0.203 e. The molecule has 0 aliphatic carbocycles. The Morgan fingerprint density at radius 2 is 2.25 bits per heavy atom. The molecule has 3 heterocycles. The summed E-state index contributed by atoms with van der Waals surface area (Å²) in [5.41, 5.74) is 0.856. The second kappa shape index (κ2) is 6.17. The van der Waals surface area contributed by atoms with Crippen LogP contribution in [-0.2, 0) is 0 Å². The van der Waals surface area contributed by atoms with E-state index in [4.69, 9.17) is 0 Å². The summed E-state index contributed by atoms with van der Waals surface area (Å²) in [4.78, 5) is 6.93. The van der Waals surface area contributed by atoms with Gasteiger partial charge in [0.05, 0.1) is 0 Å². The van der Waals surface area contributed by atoms with Gasteiger partial charge in [-0.05, 0) is 38.3 Å². The minimum atomic E-state index is 0.743. The minimum Gasteiger partial charge on any atom is -0.353 e. The van der Waals surface area contributed by atoms with Crippen molar-refractivity contribution in [3.63, 3.8) is 0 Å². The number of anilines is 1. The van der Waals surface area contributed by atoms with E-state index in [1.54, 1.807) is 6.33 Å². The van der Waals surface area contributed by atoms with Crippen molar-refractivity contribution in [3.05, 3.63) is 18.7 Å². The lowest BCUT2D eigenvalue weighted by molar-refractivity contribution is 0.373. The van der Waals surface area contributed by atoms with Gasteiger partial charge in [0.2, 0.25) is 5.65 Å². The van der Waals surface area contributed by atoms with Crippen molar-refractivity contribution in [2.24, 2.45) is 5.92 Å². The van der Waals surface area contributed by atoms with E-state index in [-0.39, 0.29) is 0 Å². The predicted octanol–water partition coefficient (Wildman–Crippen LogP) is 1.34. The third kappa shape index (κ3) is 2.75. The molecule has 1 saturated heterocycles. The summed E-state index contributed by atoms with van der Waals surface area (Å²) in [5, 5.41) is 11.6. The lowest BCUT2D eigenvalue weighted by Crippen LogP contribution is -2.37. The Hall–Kier alpha value is -1.69. The van der Waals surface area contributed by atoms with Gasteiger partial charge in [-0.15, -0.1) is 10.2 Å². The third-order valence-corrected chi connectivity index (χ3v) is 3.93. The van der Waals surface area contributed by atoms with Gasteiger partial charge < -0.3 is 10.2 Å². The van der Waals surface area contributed by atoms with Gasteiger partial charge in [0.15, 0.2) is 5.82 Å². The number of hydrogen-bond acceptors (Lipinski definition) is 5. The number of nitrogens with one attached hydrogen (secondary N) is 1. The lowest BCUT2D eigenvalue weighted by Gasteiger charge is -2.30. The zero-order valence-electron chi connectivity index (χ0n) is 12.0. The third-order valence-electron chi connectivity index (χ3n) is 3.93. The Kier molecular flexibility index (Phi) is 4.11. The molecule has 1 aliphatic heterocycles. The molecule has 20 heavy (non-hydrogen) atoms. The lowest BCUT2D eigenvalue weighted by atomic mass is 9.97. The molecule has 0 spiro atoms. The highest BCUT2D eigenvalue weighted by Crippen LogP contribution is 2.21. The molecule has 1 aliphatic rings. The Morgan fingerprint density at radius 1 is 1.40 bits per heavy atom. The Labute approximate surface area is 119 Å². The standard InChI is InChI=1S/C14H22N6/c1-2-8-19(10-12-3-5-15-6-4-12)13-14-18-17-11-20(14)9-7-16-13/h7,9,11-12,15H,2-6,8,10H2,1H3. The first-order chi connectivity index (χ1) is 9.88. The number of nitrogens with zero attached hydrogens (tertiary/aromatic N) is 5. The molecule has 0 atom stereocenters. The highest BCUT2D eigenvalue weighted by molar-refractivity contribution is 5.63. The second-order valence-corrected chi connectivity index (χ2v) is 5.45. The maximum atomic E-state index is 4.55. The molecule has 3 rings (SSSR count). The SMILES string of the molecule is CCCN(CC1CCNCC1)c1nccn2cnnc12. The van der Waals surface area contributed by atoms with E-state index < -0.39 is 0 Å². The summed E-state index contributed by atoms with van der Waals surface area (Å²) in [5.74, 6) is 1.71. The maximum absolute atomic E-state index is 4.55. The summed E-state index contributed by atoms with van der Waals surface area (Å²) >= 11 is 0. The van der Waals surface area contributed by atoms with E-state index in [1.807, 2.05) is 16.8 Å². The van der Waals surface area contributed by atoms with Crippen LogP contribution >= 0.6 is 0 Å². The molecule has 0 radical (unpaired) electrons. The van der Waals surface area contributed by atoms with Crippen molar-refractivity contribution in [2.75, 3.05) is 31.1 Å². The van der Waals surface area contributed by atoms with Gasteiger partial charge in [-0.1, -0.05) is 6.92 Å². The molecule has 0 aromatic carbocycles. The van der Waals surface area contributed by atoms with Crippen molar-refractivity contribution in [2.45, 2.75) is 26.2 Å². The largest absolute Gasteiger partial charge is 0.353 e. The first-order valence-electron chi connectivity index (χ1n) is 7.48. The predicted molar refractivity (Wildman–Crippen MR) is 78.9 cm³/mol. The number of aromatic nitrogens is 4. The van der Waals surface area contributed by atoms with Gasteiger partial charge >= 0.3 is 0 Å². The molecule has 2 aromatic rings. The summed E-state index contributed by atoms with van der Waals surface area (Å²) in [6.07, 6.45) is 9.06. The zero-order chi connectivity index (χ0) is 13.8. The first kappa shape index (κ1) is 13.3.